The molecule has 0 spiro atoms. The lowest BCUT2D eigenvalue weighted by Gasteiger charge is -2.02. The van der Waals surface area contributed by atoms with Crippen LogP contribution in [0.15, 0.2) is 28.9 Å². The van der Waals surface area contributed by atoms with Gasteiger partial charge in [-0.15, -0.1) is 0 Å². The molecule has 2 atom stereocenters. The highest BCUT2D eigenvalue weighted by molar-refractivity contribution is 6.28. The molecule has 1 aromatic rings. The molecule has 2 aliphatic rings. The smallest absolute Gasteiger partial charge is 0.224 e. The quantitative estimate of drug-likeness (QED) is 0.822. The summed E-state index contributed by atoms with van der Waals surface area (Å²) in [6.45, 7) is 0.576. The Hall–Kier alpha value is -1.49. The van der Waals surface area contributed by atoms with Crippen molar-refractivity contribution >= 4 is 23.3 Å². The van der Waals surface area contributed by atoms with Crippen molar-refractivity contribution in [3.8, 4) is 0 Å². The summed E-state index contributed by atoms with van der Waals surface area (Å²) in [5, 5.41) is 3.21. The van der Waals surface area contributed by atoms with Gasteiger partial charge in [-0.25, -0.2) is 14.4 Å². The molecule has 6 heteroatoms. The third kappa shape index (κ3) is 2.29. The summed E-state index contributed by atoms with van der Waals surface area (Å²) in [5.41, 5.74) is 1.06. The van der Waals surface area contributed by atoms with Gasteiger partial charge in [0.05, 0.1) is 6.54 Å². The highest BCUT2D eigenvalue weighted by Gasteiger charge is 2.41. The van der Waals surface area contributed by atoms with Crippen molar-refractivity contribution in [2.45, 2.75) is 12.6 Å². The predicted octanol–water partition coefficient (Wildman–Crippen LogP) is 2.24. The van der Waals surface area contributed by atoms with E-state index in [0.29, 0.717) is 24.6 Å². The van der Waals surface area contributed by atoms with Crippen molar-refractivity contribution in [1.29, 1.82) is 0 Å². The van der Waals surface area contributed by atoms with Gasteiger partial charge in [0.25, 0.3) is 0 Å². The number of rotatable bonds is 2. The minimum Gasteiger partial charge on any atom is -0.325 e. The normalized spacial score (nSPS) is 26.5. The zero-order chi connectivity index (χ0) is 11.8. The van der Waals surface area contributed by atoms with Gasteiger partial charge in [-0.1, -0.05) is 0 Å². The summed E-state index contributed by atoms with van der Waals surface area (Å²) in [7, 11) is 0. The Balaban J connectivity index is 1.69. The summed E-state index contributed by atoms with van der Waals surface area (Å²) in [5.74, 6) is 1.37. The first kappa shape index (κ1) is 10.7. The van der Waals surface area contributed by atoms with Gasteiger partial charge >= 0.3 is 0 Å². The van der Waals surface area contributed by atoms with E-state index < -0.39 is 6.17 Å². The van der Waals surface area contributed by atoms with Crippen LogP contribution in [0.3, 0.4) is 0 Å². The summed E-state index contributed by atoms with van der Waals surface area (Å²) < 4.78 is 12.9. The maximum absolute atomic E-state index is 12.9. The van der Waals surface area contributed by atoms with Gasteiger partial charge in [0.1, 0.15) is 17.8 Å². The molecular weight excluding hydrogens is 243 g/mol. The van der Waals surface area contributed by atoms with E-state index >= 15 is 0 Å². The van der Waals surface area contributed by atoms with Gasteiger partial charge in [0.2, 0.25) is 5.28 Å². The van der Waals surface area contributed by atoms with E-state index in [1.54, 1.807) is 12.3 Å². The fourth-order valence-corrected chi connectivity index (χ4v) is 1.97. The van der Waals surface area contributed by atoms with Crippen LogP contribution in [-0.4, -0.2) is 28.5 Å². The molecule has 0 amide bonds. The highest BCUT2D eigenvalue weighted by atomic mass is 35.5. The van der Waals surface area contributed by atoms with E-state index in [4.69, 9.17) is 11.6 Å². The number of halogens is 2. The van der Waals surface area contributed by atoms with Crippen molar-refractivity contribution in [3.63, 3.8) is 0 Å². The van der Waals surface area contributed by atoms with E-state index in [-0.39, 0.29) is 11.2 Å². The number of hydrogen-bond donors (Lipinski definition) is 1. The number of nitrogens with zero attached hydrogens (tertiary/aromatic N) is 3. The molecule has 1 aliphatic carbocycles. The average Bonchev–Trinajstić information content (AvgIpc) is 2.85. The lowest BCUT2D eigenvalue weighted by molar-refractivity contribution is 0.458. The number of alkyl halides is 1. The minimum atomic E-state index is -0.677. The van der Waals surface area contributed by atoms with Crippen LogP contribution in [0.4, 0.5) is 10.2 Å². The van der Waals surface area contributed by atoms with Gasteiger partial charge in [-0.05, 0) is 35.7 Å². The largest absolute Gasteiger partial charge is 0.325 e. The summed E-state index contributed by atoms with van der Waals surface area (Å²) in [6, 6.07) is 1.70. The van der Waals surface area contributed by atoms with Gasteiger partial charge in [-0.2, -0.15) is 0 Å². The Morgan fingerprint density at radius 3 is 3.00 bits per heavy atom. The molecule has 4 nitrogen and oxygen atoms in total. The maximum atomic E-state index is 12.9. The van der Waals surface area contributed by atoms with E-state index in [0.717, 1.165) is 5.57 Å². The second kappa shape index (κ2) is 4.07. The molecule has 0 saturated heterocycles. The van der Waals surface area contributed by atoms with Crippen molar-refractivity contribution in [2.75, 3.05) is 11.9 Å². The SMILES string of the molecule is F[C@@H]1C[C@@H]1C1=CC(Nc2ccnc(Cl)n2)=NC1. The average molecular weight is 253 g/mol. The Morgan fingerprint density at radius 2 is 2.29 bits per heavy atom. The summed E-state index contributed by atoms with van der Waals surface area (Å²) >= 11 is 5.67. The van der Waals surface area contributed by atoms with E-state index in [2.05, 4.69) is 20.3 Å². The van der Waals surface area contributed by atoms with Gasteiger partial charge in [-0.3, -0.25) is 4.99 Å². The number of nitrogens with one attached hydrogen (secondary N) is 1. The van der Waals surface area contributed by atoms with Gasteiger partial charge in [0.15, 0.2) is 0 Å². The number of aliphatic imine (C=N–C) groups is 1. The molecule has 2 heterocycles. The molecular formula is C11H10ClFN4. The van der Waals surface area contributed by atoms with E-state index in [1.165, 1.54) is 0 Å². The zero-order valence-electron chi connectivity index (χ0n) is 8.90. The molecule has 0 radical (unpaired) electrons. The van der Waals surface area contributed by atoms with Crippen LogP contribution in [0.2, 0.25) is 5.28 Å². The third-order valence-corrected chi connectivity index (χ3v) is 3.01. The van der Waals surface area contributed by atoms with Gasteiger partial charge < -0.3 is 5.32 Å². The summed E-state index contributed by atoms with van der Waals surface area (Å²) in [6.07, 6.45) is 3.41. The van der Waals surface area contributed by atoms with Crippen LogP contribution >= 0.6 is 11.6 Å². The lowest BCUT2D eigenvalue weighted by atomic mass is 10.2. The molecule has 1 saturated carbocycles. The monoisotopic (exact) mass is 252 g/mol. The fraction of sp³-hybridized carbons (Fsp3) is 0.364. The van der Waals surface area contributed by atoms with Crippen LogP contribution in [0.25, 0.3) is 0 Å². The molecule has 1 fully saturated rings. The van der Waals surface area contributed by atoms with Crippen molar-refractivity contribution in [3.05, 3.63) is 29.2 Å². The molecule has 1 aromatic heterocycles. The first-order valence-electron chi connectivity index (χ1n) is 5.37. The predicted molar refractivity (Wildman–Crippen MR) is 64.1 cm³/mol. The minimum absolute atomic E-state index is 0.0760. The number of amidine groups is 1. The zero-order valence-corrected chi connectivity index (χ0v) is 9.65. The van der Waals surface area contributed by atoms with Crippen molar-refractivity contribution < 1.29 is 4.39 Å². The highest BCUT2D eigenvalue weighted by Crippen LogP contribution is 2.41. The fourth-order valence-electron chi connectivity index (χ4n) is 1.83. The lowest BCUT2D eigenvalue weighted by Crippen LogP contribution is -2.08. The second-order valence-corrected chi connectivity index (χ2v) is 4.45. The number of aromatic nitrogens is 2. The molecule has 0 bridgehead atoms. The first-order chi connectivity index (χ1) is 8.22. The Kier molecular flexibility index (Phi) is 2.55. The number of anilines is 1. The van der Waals surface area contributed by atoms with Crippen molar-refractivity contribution in [1.82, 2.24) is 9.97 Å². The van der Waals surface area contributed by atoms with Crippen LogP contribution in [0.1, 0.15) is 6.42 Å². The van der Waals surface area contributed by atoms with Crippen LogP contribution in [-0.2, 0) is 0 Å². The summed E-state index contributed by atoms with van der Waals surface area (Å²) in [4.78, 5) is 12.1. The molecule has 1 aliphatic heterocycles. The molecule has 17 heavy (non-hydrogen) atoms. The molecule has 1 N–H and O–H groups in total. The third-order valence-electron chi connectivity index (χ3n) is 2.83. The Bertz CT molecular complexity index is 514. The first-order valence-corrected chi connectivity index (χ1v) is 5.75. The molecule has 0 aromatic carbocycles. The Labute approximate surface area is 103 Å². The molecule has 0 unspecified atom stereocenters. The van der Waals surface area contributed by atoms with Crippen LogP contribution in [0, 0.1) is 5.92 Å². The maximum Gasteiger partial charge on any atom is 0.224 e. The molecule has 88 valence electrons. The topological polar surface area (TPSA) is 50.2 Å². The van der Waals surface area contributed by atoms with Crippen LogP contribution < -0.4 is 5.32 Å². The molecule has 3 rings (SSSR count). The van der Waals surface area contributed by atoms with Crippen LogP contribution in [0.5, 0.6) is 0 Å². The standard InChI is InChI=1S/C11H10ClFN4/c12-11-14-2-1-9(17-11)16-10-3-6(5-15-10)7-4-8(7)13/h1-3,7-8H,4-5H2,(H,14,15,16,17)/t7-,8-/m1/s1. The van der Waals surface area contributed by atoms with Gasteiger partial charge in [0, 0.05) is 12.1 Å². The van der Waals surface area contributed by atoms with E-state index in [9.17, 15) is 4.39 Å². The Morgan fingerprint density at radius 1 is 1.47 bits per heavy atom. The van der Waals surface area contributed by atoms with Crippen molar-refractivity contribution in [2.24, 2.45) is 10.9 Å². The van der Waals surface area contributed by atoms with E-state index in [1.807, 2.05) is 6.08 Å². The second-order valence-electron chi connectivity index (χ2n) is 4.11. The number of hydrogen-bond acceptors (Lipinski definition) is 4.